The Hall–Kier alpha value is -3.14. The molecule has 2 heterocycles. The number of aliphatic carboxylic acids is 2. The molecule has 0 amide bonds. The van der Waals surface area contributed by atoms with Gasteiger partial charge in [-0.3, -0.25) is 14.5 Å². The highest BCUT2D eigenvalue weighted by molar-refractivity contribution is 6.31. The predicted octanol–water partition coefficient (Wildman–Crippen LogP) is 4.37. The van der Waals surface area contributed by atoms with Gasteiger partial charge in [0.1, 0.15) is 5.84 Å². The van der Waals surface area contributed by atoms with E-state index in [9.17, 15) is 9.59 Å². The lowest BCUT2D eigenvalue weighted by Crippen LogP contribution is -2.53. The van der Waals surface area contributed by atoms with Gasteiger partial charge in [-0.05, 0) is 50.7 Å². The summed E-state index contributed by atoms with van der Waals surface area (Å²) in [5, 5.41) is 20.0. The number of aryl methyl sites for hydroxylation is 1. The number of piperazine rings is 1. The highest BCUT2D eigenvalue weighted by Gasteiger charge is 2.29. The molecular formula is C26H33ClN4O5. The van der Waals surface area contributed by atoms with Crippen LogP contribution < -0.4 is 5.32 Å². The summed E-state index contributed by atoms with van der Waals surface area (Å²) in [6.07, 6.45) is 0.419. The SMILES string of the molecule is COCC[C@H]1CN(C2=Nc3cc(Cl)ccc3Nc3ccc(C)cc32)CCN1C.O=C(O)CCC(=O)O. The van der Waals surface area contributed by atoms with Gasteiger partial charge in [0.15, 0.2) is 0 Å². The number of fused-ring (bicyclic) bond motifs is 2. The quantitative estimate of drug-likeness (QED) is 0.518. The second kappa shape index (κ2) is 12.7. The first-order valence-electron chi connectivity index (χ1n) is 11.8. The number of ether oxygens (including phenoxy) is 1. The lowest BCUT2D eigenvalue weighted by atomic mass is 10.0. The topological polar surface area (TPSA) is 115 Å². The fourth-order valence-corrected chi connectivity index (χ4v) is 4.30. The first kappa shape index (κ1) is 27.4. The number of nitrogens with one attached hydrogen (secondary N) is 1. The number of halogens is 1. The van der Waals surface area contributed by atoms with Crippen molar-refractivity contribution in [3.05, 3.63) is 52.5 Å². The molecule has 2 aromatic carbocycles. The smallest absolute Gasteiger partial charge is 0.303 e. The molecule has 1 fully saturated rings. The number of likely N-dealkylation sites (N-methyl/N-ethyl adjacent to an activating group) is 1. The van der Waals surface area contributed by atoms with E-state index in [1.807, 2.05) is 18.2 Å². The number of rotatable bonds is 6. The maximum absolute atomic E-state index is 9.64. The van der Waals surface area contributed by atoms with Crippen LogP contribution >= 0.6 is 11.6 Å². The van der Waals surface area contributed by atoms with Crippen molar-refractivity contribution < 1.29 is 24.5 Å². The van der Waals surface area contributed by atoms with E-state index in [1.165, 1.54) is 5.56 Å². The van der Waals surface area contributed by atoms with Crippen molar-refractivity contribution in [3.63, 3.8) is 0 Å². The number of methoxy groups -OCH3 is 1. The van der Waals surface area contributed by atoms with Crippen molar-refractivity contribution in [1.82, 2.24) is 9.80 Å². The summed E-state index contributed by atoms with van der Waals surface area (Å²) in [5.41, 5.74) is 5.31. The Morgan fingerprint density at radius 3 is 2.47 bits per heavy atom. The third kappa shape index (κ3) is 7.43. The van der Waals surface area contributed by atoms with E-state index < -0.39 is 11.9 Å². The normalized spacial score (nSPS) is 16.9. The van der Waals surface area contributed by atoms with Crippen LogP contribution in [0, 0.1) is 6.92 Å². The summed E-state index contributed by atoms with van der Waals surface area (Å²) in [6, 6.07) is 12.8. The van der Waals surface area contributed by atoms with Gasteiger partial charge < -0.3 is 25.2 Å². The molecule has 36 heavy (non-hydrogen) atoms. The number of amidine groups is 1. The van der Waals surface area contributed by atoms with E-state index in [4.69, 9.17) is 31.5 Å². The Kier molecular flexibility index (Phi) is 9.69. The average Bonchev–Trinajstić information content (AvgIpc) is 2.99. The molecule has 2 aliphatic rings. The van der Waals surface area contributed by atoms with Crippen LogP contribution in [-0.2, 0) is 14.3 Å². The summed E-state index contributed by atoms with van der Waals surface area (Å²) < 4.78 is 5.33. The van der Waals surface area contributed by atoms with Crippen LogP contribution in [0.1, 0.15) is 30.4 Å². The molecule has 4 rings (SSSR count). The predicted molar refractivity (Wildman–Crippen MR) is 141 cm³/mol. The van der Waals surface area contributed by atoms with Gasteiger partial charge >= 0.3 is 11.9 Å². The molecular weight excluding hydrogens is 484 g/mol. The Labute approximate surface area is 216 Å². The molecule has 0 unspecified atom stereocenters. The van der Waals surface area contributed by atoms with Crippen molar-refractivity contribution in [3.8, 4) is 0 Å². The van der Waals surface area contributed by atoms with Gasteiger partial charge in [-0.2, -0.15) is 0 Å². The van der Waals surface area contributed by atoms with Crippen LogP contribution in [0.25, 0.3) is 0 Å². The second-order valence-corrected chi connectivity index (χ2v) is 9.36. The zero-order valence-electron chi connectivity index (χ0n) is 20.8. The number of carbonyl (C=O) groups is 2. The van der Waals surface area contributed by atoms with Crippen LogP contribution in [0.2, 0.25) is 5.02 Å². The number of nitrogens with zero attached hydrogens (tertiary/aromatic N) is 3. The van der Waals surface area contributed by atoms with Gasteiger partial charge in [-0.1, -0.05) is 23.2 Å². The standard InChI is InChI=1S/C22H27ClN4O.C4H6O4/c1-15-4-6-19-18(12-15)22(25-21-13-16(23)5-7-20(21)24-19)27-10-9-26(2)17(14-27)8-11-28-3;5-3(6)1-2-4(7)8/h4-7,12-13,17,24H,8-11,14H2,1-3H3;1-2H2,(H,5,6)(H,7,8)/t17-;/m0./s1. The first-order valence-corrected chi connectivity index (χ1v) is 12.2. The van der Waals surface area contributed by atoms with Crippen molar-refractivity contribution in [2.24, 2.45) is 4.99 Å². The Balaban J connectivity index is 0.000000392. The number of hydrogen-bond acceptors (Lipinski definition) is 7. The van der Waals surface area contributed by atoms with Crippen molar-refractivity contribution in [2.45, 2.75) is 32.2 Å². The maximum Gasteiger partial charge on any atom is 0.303 e. The summed E-state index contributed by atoms with van der Waals surface area (Å²) in [6.45, 7) is 5.78. The number of anilines is 2. The third-order valence-electron chi connectivity index (χ3n) is 6.16. The van der Waals surface area contributed by atoms with Gasteiger partial charge in [0, 0.05) is 55.7 Å². The fourth-order valence-electron chi connectivity index (χ4n) is 4.13. The lowest BCUT2D eigenvalue weighted by Gasteiger charge is -2.41. The molecule has 0 saturated carbocycles. The molecule has 0 aromatic heterocycles. The molecule has 9 nitrogen and oxygen atoms in total. The number of benzene rings is 2. The zero-order chi connectivity index (χ0) is 26.2. The number of hydrogen-bond donors (Lipinski definition) is 3. The molecule has 2 aromatic rings. The average molecular weight is 517 g/mol. The van der Waals surface area contributed by atoms with Gasteiger partial charge in [-0.25, -0.2) is 4.99 Å². The number of carboxylic acids is 2. The minimum Gasteiger partial charge on any atom is -0.481 e. The third-order valence-corrected chi connectivity index (χ3v) is 6.39. The van der Waals surface area contributed by atoms with E-state index >= 15 is 0 Å². The Bertz CT molecular complexity index is 1110. The van der Waals surface area contributed by atoms with Crippen molar-refractivity contribution in [1.29, 1.82) is 0 Å². The molecule has 1 atom stereocenters. The highest BCUT2D eigenvalue weighted by atomic mass is 35.5. The highest BCUT2D eigenvalue weighted by Crippen LogP contribution is 2.37. The van der Waals surface area contributed by atoms with Crippen LogP contribution in [0.3, 0.4) is 0 Å². The van der Waals surface area contributed by atoms with Crippen molar-refractivity contribution >= 4 is 46.4 Å². The monoisotopic (exact) mass is 516 g/mol. The molecule has 10 heteroatoms. The van der Waals surface area contributed by atoms with E-state index in [0.29, 0.717) is 11.1 Å². The summed E-state index contributed by atoms with van der Waals surface area (Å²) in [7, 11) is 3.96. The number of aliphatic imine (C=N–C) groups is 1. The Morgan fingerprint density at radius 2 is 1.81 bits per heavy atom. The maximum atomic E-state index is 9.64. The van der Waals surface area contributed by atoms with Crippen LogP contribution in [0.4, 0.5) is 17.1 Å². The zero-order valence-corrected chi connectivity index (χ0v) is 21.6. The molecule has 0 spiro atoms. The van der Waals surface area contributed by atoms with Gasteiger partial charge in [0.2, 0.25) is 0 Å². The lowest BCUT2D eigenvalue weighted by molar-refractivity contribution is -0.143. The number of carboxylic acid groups (broad SMARTS) is 2. The van der Waals surface area contributed by atoms with Crippen LogP contribution in [-0.4, -0.2) is 84.2 Å². The minimum absolute atomic E-state index is 0.296. The molecule has 1 saturated heterocycles. The molecule has 0 bridgehead atoms. The van der Waals surface area contributed by atoms with Gasteiger partial charge in [0.25, 0.3) is 0 Å². The molecule has 0 aliphatic carbocycles. The van der Waals surface area contributed by atoms with E-state index in [0.717, 1.165) is 61.1 Å². The van der Waals surface area contributed by atoms with Crippen LogP contribution in [0.15, 0.2) is 41.4 Å². The fraction of sp³-hybridized carbons (Fsp3) is 0.423. The largest absolute Gasteiger partial charge is 0.481 e. The summed E-state index contributed by atoms with van der Waals surface area (Å²) in [5.74, 6) is -1.14. The molecule has 3 N–H and O–H groups in total. The van der Waals surface area contributed by atoms with Crippen LogP contribution in [0.5, 0.6) is 0 Å². The van der Waals surface area contributed by atoms with Crippen molar-refractivity contribution in [2.75, 3.05) is 45.7 Å². The minimum atomic E-state index is -1.08. The van der Waals surface area contributed by atoms with Gasteiger partial charge in [0.05, 0.1) is 24.2 Å². The van der Waals surface area contributed by atoms with E-state index in [2.05, 4.69) is 47.3 Å². The van der Waals surface area contributed by atoms with E-state index in [1.54, 1.807) is 7.11 Å². The second-order valence-electron chi connectivity index (χ2n) is 8.92. The molecule has 194 valence electrons. The Morgan fingerprint density at radius 1 is 1.11 bits per heavy atom. The first-order chi connectivity index (χ1) is 17.2. The molecule has 0 radical (unpaired) electrons. The summed E-state index contributed by atoms with van der Waals surface area (Å²) >= 11 is 6.27. The van der Waals surface area contributed by atoms with Gasteiger partial charge in [-0.15, -0.1) is 0 Å². The molecule has 2 aliphatic heterocycles. The summed E-state index contributed by atoms with van der Waals surface area (Å²) in [4.78, 5) is 29.2. The van der Waals surface area contributed by atoms with E-state index in [-0.39, 0.29) is 12.8 Å².